The minimum absolute atomic E-state index is 0.102. The van der Waals surface area contributed by atoms with Gasteiger partial charge in [-0.15, -0.1) is 22.7 Å². The van der Waals surface area contributed by atoms with Crippen LogP contribution in [0, 0.1) is 5.92 Å². The van der Waals surface area contributed by atoms with Crippen LogP contribution in [0.15, 0.2) is 29.6 Å². The molecular formula is C26H36N2O8S3. The second-order valence-electron chi connectivity index (χ2n) is 9.31. The first kappa shape index (κ1) is 31.5. The molecular weight excluding hydrogens is 564 g/mol. The molecule has 0 aromatic carbocycles. The Balaban J connectivity index is 1.69. The quantitative estimate of drug-likeness (QED) is 0.206. The Labute approximate surface area is 240 Å². The maximum absolute atomic E-state index is 12.7. The van der Waals surface area contributed by atoms with E-state index >= 15 is 0 Å². The molecule has 0 aliphatic carbocycles. The number of ether oxygens (including phenoxy) is 2. The first-order valence-electron chi connectivity index (χ1n) is 12.8. The van der Waals surface area contributed by atoms with E-state index in [1.54, 1.807) is 36.1 Å². The van der Waals surface area contributed by atoms with Gasteiger partial charge in [0.2, 0.25) is 5.91 Å². The molecule has 1 unspecified atom stereocenters. The Morgan fingerprint density at radius 3 is 2.69 bits per heavy atom. The summed E-state index contributed by atoms with van der Waals surface area (Å²) in [4.78, 5) is 39.4. The Morgan fingerprint density at radius 2 is 2.05 bits per heavy atom. The summed E-state index contributed by atoms with van der Waals surface area (Å²) in [7, 11) is 0. The average Bonchev–Trinajstić information content (AvgIpc) is 3.60. The van der Waals surface area contributed by atoms with Gasteiger partial charge in [0.05, 0.1) is 35.8 Å². The molecule has 2 aromatic heterocycles. The number of hydrogen-bond acceptors (Lipinski definition) is 10. The lowest BCUT2D eigenvalue weighted by Crippen LogP contribution is -2.66. The Hall–Kier alpha value is -2.00. The summed E-state index contributed by atoms with van der Waals surface area (Å²) in [6, 6.07) is 6.51. The molecule has 39 heavy (non-hydrogen) atoms. The molecule has 1 aliphatic heterocycles. The fourth-order valence-electron chi connectivity index (χ4n) is 4.34. The van der Waals surface area contributed by atoms with E-state index in [0.717, 1.165) is 21.3 Å². The van der Waals surface area contributed by atoms with E-state index in [1.165, 1.54) is 18.3 Å². The molecule has 0 saturated carbocycles. The highest BCUT2D eigenvalue weighted by molar-refractivity contribution is 7.99. The summed E-state index contributed by atoms with van der Waals surface area (Å²) >= 11 is 4.61. The normalized spacial score (nSPS) is 24.6. The van der Waals surface area contributed by atoms with Crippen LogP contribution in [0.3, 0.4) is 0 Å². The van der Waals surface area contributed by atoms with Crippen LogP contribution in [-0.4, -0.2) is 87.9 Å². The van der Waals surface area contributed by atoms with Gasteiger partial charge in [0.1, 0.15) is 0 Å². The number of nitrogens with one attached hydrogen (secondary N) is 2. The molecule has 0 spiro atoms. The number of aliphatic carboxylic acids is 1. The van der Waals surface area contributed by atoms with Crippen LogP contribution in [-0.2, 0) is 19.1 Å². The van der Waals surface area contributed by atoms with Crippen LogP contribution in [0.25, 0.3) is 9.75 Å². The largest absolute Gasteiger partial charge is 0.477 e. The number of aliphatic hydroxyl groups is 2. The maximum Gasteiger partial charge on any atom is 0.364 e. The van der Waals surface area contributed by atoms with Gasteiger partial charge >= 0.3 is 5.97 Å². The molecule has 2 aromatic rings. The van der Waals surface area contributed by atoms with Crippen molar-refractivity contribution >= 4 is 52.2 Å². The van der Waals surface area contributed by atoms with E-state index in [0.29, 0.717) is 11.3 Å². The third-order valence-corrected chi connectivity index (χ3v) is 9.57. The van der Waals surface area contributed by atoms with Crippen molar-refractivity contribution in [2.75, 3.05) is 24.7 Å². The van der Waals surface area contributed by atoms with Gasteiger partial charge in [-0.05, 0) is 41.5 Å². The minimum atomic E-state index is -2.14. The summed E-state index contributed by atoms with van der Waals surface area (Å²) in [5.41, 5.74) is 0. The van der Waals surface area contributed by atoms with Crippen molar-refractivity contribution in [1.82, 2.24) is 10.6 Å². The zero-order valence-electron chi connectivity index (χ0n) is 22.1. The average molecular weight is 601 g/mol. The van der Waals surface area contributed by atoms with Gasteiger partial charge in [0.15, 0.2) is 0 Å². The molecule has 216 valence electrons. The summed E-state index contributed by atoms with van der Waals surface area (Å²) in [5.74, 6) is -3.42. The second-order valence-corrected chi connectivity index (χ2v) is 12.7. The van der Waals surface area contributed by atoms with E-state index < -0.39 is 54.4 Å². The van der Waals surface area contributed by atoms with Crippen molar-refractivity contribution in [3.8, 4) is 9.75 Å². The van der Waals surface area contributed by atoms with Crippen molar-refractivity contribution in [3.63, 3.8) is 0 Å². The zero-order chi connectivity index (χ0) is 28.6. The van der Waals surface area contributed by atoms with Gasteiger partial charge in [-0.1, -0.05) is 19.9 Å². The van der Waals surface area contributed by atoms with Crippen molar-refractivity contribution < 1.29 is 39.2 Å². The Bertz CT molecular complexity index is 1090. The Morgan fingerprint density at radius 1 is 1.28 bits per heavy atom. The molecule has 1 fully saturated rings. The molecule has 13 heteroatoms. The standard InChI is InChI=1S/C26H36N2O8S3/c1-4-37-11-6-10-35-26(25(33)34)13-17(30)22(28-16(3)29)23(36-26)15(2)18(31)14-27-24(32)21-9-8-20(39-21)19-7-5-12-38-19/h5,7-9,12,15,17-18,22-23,30-31H,4,6,10-11,13-14H2,1-3H3,(H,27,32)(H,28,29)(H,33,34)/t15-,17+,18-,22-,23?,26-/m1/s1. The molecule has 10 nitrogen and oxygen atoms in total. The first-order valence-corrected chi connectivity index (χ1v) is 15.6. The van der Waals surface area contributed by atoms with Gasteiger partial charge in [-0.2, -0.15) is 11.8 Å². The number of hydrogen-bond donors (Lipinski definition) is 5. The van der Waals surface area contributed by atoms with Crippen LogP contribution in [0.1, 0.15) is 43.3 Å². The molecule has 1 aliphatic rings. The molecule has 6 atom stereocenters. The van der Waals surface area contributed by atoms with Gasteiger partial charge < -0.3 is 35.4 Å². The van der Waals surface area contributed by atoms with Crippen LogP contribution < -0.4 is 10.6 Å². The lowest BCUT2D eigenvalue weighted by Gasteiger charge is -2.47. The van der Waals surface area contributed by atoms with E-state index in [1.807, 2.05) is 30.5 Å². The highest BCUT2D eigenvalue weighted by Gasteiger charge is 2.55. The number of thiophene rings is 2. The van der Waals surface area contributed by atoms with E-state index in [9.17, 15) is 29.7 Å². The lowest BCUT2D eigenvalue weighted by atomic mass is 9.84. The van der Waals surface area contributed by atoms with Gasteiger partial charge in [-0.25, -0.2) is 4.79 Å². The third-order valence-electron chi connectivity index (χ3n) is 6.43. The summed E-state index contributed by atoms with van der Waals surface area (Å²) in [6.07, 6.45) is -3.40. The number of carboxylic acid groups (broad SMARTS) is 1. The third kappa shape index (κ3) is 8.26. The molecule has 0 radical (unpaired) electrons. The van der Waals surface area contributed by atoms with Crippen molar-refractivity contribution in [2.45, 2.75) is 63.8 Å². The maximum atomic E-state index is 12.7. The predicted octanol–water partition coefficient (Wildman–Crippen LogP) is 2.80. The number of rotatable bonds is 14. The van der Waals surface area contributed by atoms with Gasteiger partial charge in [-0.3, -0.25) is 9.59 Å². The fourth-order valence-corrected chi connectivity index (χ4v) is 6.71. The predicted molar refractivity (Wildman–Crippen MR) is 152 cm³/mol. The highest BCUT2D eigenvalue weighted by Crippen LogP contribution is 2.36. The van der Waals surface area contributed by atoms with Gasteiger partial charge in [0.25, 0.3) is 11.7 Å². The number of carbonyl (C=O) groups is 3. The molecule has 0 bridgehead atoms. The van der Waals surface area contributed by atoms with Crippen molar-refractivity contribution in [1.29, 1.82) is 0 Å². The van der Waals surface area contributed by atoms with Gasteiger partial charge in [0, 0.05) is 35.6 Å². The van der Waals surface area contributed by atoms with Crippen LogP contribution in [0.5, 0.6) is 0 Å². The number of aliphatic hydroxyl groups excluding tert-OH is 2. The van der Waals surface area contributed by atoms with Crippen LogP contribution in [0.4, 0.5) is 0 Å². The lowest BCUT2D eigenvalue weighted by molar-refractivity contribution is -0.304. The second kappa shape index (κ2) is 14.6. The topological polar surface area (TPSA) is 154 Å². The van der Waals surface area contributed by atoms with Crippen LogP contribution >= 0.6 is 34.4 Å². The molecule has 3 rings (SSSR count). The monoisotopic (exact) mass is 600 g/mol. The highest BCUT2D eigenvalue weighted by atomic mass is 32.2. The number of carboxylic acids is 1. The number of amides is 2. The molecule has 1 saturated heterocycles. The molecule has 5 N–H and O–H groups in total. The van der Waals surface area contributed by atoms with E-state index in [2.05, 4.69) is 10.6 Å². The summed E-state index contributed by atoms with van der Waals surface area (Å²) in [6.45, 7) is 4.86. The molecule has 2 amide bonds. The summed E-state index contributed by atoms with van der Waals surface area (Å²) < 4.78 is 11.7. The van der Waals surface area contributed by atoms with Crippen molar-refractivity contribution in [2.24, 2.45) is 5.92 Å². The van der Waals surface area contributed by atoms with E-state index in [-0.39, 0.29) is 19.1 Å². The first-order chi connectivity index (χ1) is 18.6. The Kier molecular flexibility index (Phi) is 11.8. The van der Waals surface area contributed by atoms with E-state index in [4.69, 9.17) is 9.47 Å². The minimum Gasteiger partial charge on any atom is -0.477 e. The van der Waals surface area contributed by atoms with Crippen molar-refractivity contribution in [3.05, 3.63) is 34.5 Å². The number of thioether (sulfide) groups is 1. The smallest absolute Gasteiger partial charge is 0.364 e. The SMILES string of the molecule is CCSCCCO[C@]1(C(=O)O)C[C@H](O)[C@@H](NC(C)=O)C([C@H](C)[C@H](O)CNC(=O)c2ccc(-c3cccs3)s2)O1. The summed E-state index contributed by atoms with van der Waals surface area (Å²) in [5, 5.41) is 39.2. The molecule has 3 heterocycles. The zero-order valence-corrected chi connectivity index (χ0v) is 24.6. The fraction of sp³-hybridized carbons (Fsp3) is 0.577. The number of carbonyl (C=O) groups excluding carboxylic acids is 2. The van der Waals surface area contributed by atoms with Crippen LogP contribution in [0.2, 0.25) is 0 Å².